The number of halogens is 3. The largest absolute Gasteiger partial charge is 0.400 e. The molecule has 1 saturated heterocycles. The van der Waals surface area contributed by atoms with Crippen LogP contribution < -0.4 is 5.73 Å². The summed E-state index contributed by atoms with van der Waals surface area (Å²) in [6.45, 7) is 0.945. The Morgan fingerprint density at radius 1 is 1.56 bits per heavy atom. The molecule has 0 aromatic carbocycles. The van der Waals surface area contributed by atoms with Crippen molar-refractivity contribution in [3.05, 3.63) is 0 Å². The van der Waals surface area contributed by atoms with Crippen molar-refractivity contribution in [2.45, 2.75) is 12.6 Å². The van der Waals surface area contributed by atoms with Crippen molar-refractivity contribution in [1.29, 1.82) is 0 Å². The summed E-state index contributed by atoms with van der Waals surface area (Å²) in [5.41, 5.74) is 5.02. The topological polar surface area (TPSA) is 44.5 Å². The van der Waals surface area contributed by atoms with Crippen LogP contribution >= 0.6 is 12.2 Å². The summed E-state index contributed by atoms with van der Waals surface area (Å²) in [7, 11) is 0. The maximum atomic E-state index is 12.4. The highest BCUT2D eigenvalue weighted by molar-refractivity contribution is 7.80. The van der Waals surface area contributed by atoms with Gasteiger partial charge >= 0.3 is 6.18 Å². The summed E-state index contributed by atoms with van der Waals surface area (Å²) in [5.74, 6) is -1.68. The normalized spacial score (nSPS) is 23.3. The molecule has 0 aromatic rings. The van der Waals surface area contributed by atoms with E-state index in [9.17, 15) is 13.2 Å². The average Bonchev–Trinajstić information content (AvgIpc) is 2.61. The van der Waals surface area contributed by atoms with Crippen molar-refractivity contribution >= 4 is 17.2 Å². The summed E-state index contributed by atoms with van der Waals surface area (Å²) in [4.78, 5) is -0.574. The Bertz CT molecular complexity index is 241. The SMILES string of the molecule is NC(=S)C(COCC1CCOC1)C(F)(F)F. The van der Waals surface area contributed by atoms with Gasteiger partial charge < -0.3 is 15.2 Å². The molecular weight excluding hydrogens is 243 g/mol. The number of ether oxygens (including phenoxy) is 2. The molecule has 0 spiro atoms. The maximum Gasteiger partial charge on any atom is 0.400 e. The zero-order valence-electron chi connectivity index (χ0n) is 8.63. The highest BCUT2D eigenvalue weighted by Gasteiger charge is 2.41. The van der Waals surface area contributed by atoms with Gasteiger partial charge in [0.2, 0.25) is 0 Å². The minimum atomic E-state index is -4.43. The quantitative estimate of drug-likeness (QED) is 0.758. The third kappa shape index (κ3) is 4.23. The molecule has 0 bridgehead atoms. The predicted octanol–water partition coefficient (Wildman–Crippen LogP) is 1.50. The van der Waals surface area contributed by atoms with E-state index in [-0.39, 0.29) is 12.5 Å². The average molecular weight is 257 g/mol. The molecular formula is C9H14F3NO2S. The van der Waals surface area contributed by atoms with Gasteiger partial charge in [0.25, 0.3) is 0 Å². The van der Waals surface area contributed by atoms with Gasteiger partial charge in [0, 0.05) is 12.5 Å². The van der Waals surface area contributed by atoms with Gasteiger partial charge in [-0.05, 0) is 6.42 Å². The molecule has 2 unspecified atom stereocenters. The van der Waals surface area contributed by atoms with Crippen molar-refractivity contribution < 1.29 is 22.6 Å². The second kappa shape index (κ2) is 5.79. The van der Waals surface area contributed by atoms with Gasteiger partial charge in [-0.15, -0.1) is 0 Å². The van der Waals surface area contributed by atoms with E-state index < -0.39 is 23.7 Å². The van der Waals surface area contributed by atoms with E-state index in [0.29, 0.717) is 13.2 Å². The van der Waals surface area contributed by atoms with Crippen LogP contribution in [0.25, 0.3) is 0 Å². The lowest BCUT2D eigenvalue weighted by Gasteiger charge is -2.19. The number of thiocarbonyl (C=S) groups is 1. The lowest BCUT2D eigenvalue weighted by atomic mass is 10.1. The number of alkyl halides is 3. The van der Waals surface area contributed by atoms with E-state index >= 15 is 0 Å². The van der Waals surface area contributed by atoms with Gasteiger partial charge in [0.15, 0.2) is 0 Å². The van der Waals surface area contributed by atoms with E-state index in [0.717, 1.165) is 6.42 Å². The second-order valence-corrected chi connectivity index (χ2v) is 4.24. The van der Waals surface area contributed by atoms with Crippen LogP contribution in [0.4, 0.5) is 13.2 Å². The van der Waals surface area contributed by atoms with Crippen molar-refractivity contribution in [3.63, 3.8) is 0 Å². The van der Waals surface area contributed by atoms with Gasteiger partial charge in [-0.2, -0.15) is 13.2 Å². The summed E-state index contributed by atoms with van der Waals surface area (Å²) >= 11 is 4.37. The van der Waals surface area contributed by atoms with Gasteiger partial charge in [-0.25, -0.2) is 0 Å². The Kier molecular flexibility index (Phi) is 4.94. The van der Waals surface area contributed by atoms with Crippen LogP contribution in [0.1, 0.15) is 6.42 Å². The highest BCUT2D eigenvalue weighted by Crippen LogP contribution is 2.27. The van der Waals surface area contributed by atoms with Gasteiger partial charge in [-0.1, -0.05) is 12.2 Å². The standard InChI is InChI=1S/C9H14F3NO2S/c10-9(11,12)7(8(13)16)5-15-4-6-1-2-14-3-6/h6-7H,1-5H2,(H2,13,16). The summed E-state index contributed by atoms with van der Waals surface area (Å²) in [5, 5.41) is 0. The molecule has 2 N–H and O–H groups in total. The summed E-state index contributed by atoms with van der Waals surface area (Å²) < 4.78 is 47.3. The van der Waals surface area contributed by atoms with E-state index in [1.807, 2.05) is 0 Å². The van der Waals surface area contributed by atoms with E-state index in [2.05, 4.69) is 12.2 Å². The first-order valence-corrected chi connectivity index (χ1v) is 5.33. The molecule has 0 aromatic heterocycles. The lowest BCUT2D eigenvalue weighted by Crippen LogP contribution is -2.38. The Labute approximate surface area is 97.1 Å². The van der Waals surface area contributed by atoms with Crippen LogP contribution in [0.15, 0.2) is 0 Å². The molecule has 0 saturated carbocycles. The van der Waals surface area contributed by atoms with Gasteiger partial charge in [-0.3, -0.25) is 0 Å². The molecule has 1 fully saturated rings. The zero-order valence-corrected chi connectivity index (χ0v) is 9.44. The Hall–Kier alpha value is -0.400. The first-order valence-electron chi connectivity index (χ1n) is 4.92. The molecule has 3 nitrogen and oxygen atoms in total. The van der Waals surface area contributed by atoms with E-state index in [4.69, 9.17) is 15.2 Å². The molecule has 16 heavy (non-hydrogen) atoms. The fourth-order valence-corrected chi connectivity index (χ4v) is 1.61. The molecule has 1 heterocycles. The minimum Gasteiger partial charge on any atom is -0.393 e. The molecule has 2 atom stereocenters. The van der Waals surface area contributed by atoms with E-state index in [1.165, 1.54) is 0 Å². The van der Waals surface area contributed by atoms with E-state index in [1.54, 1.807) is 0 Å². The fraction of sp³-hybridized carbons (Fsp3) is 0.889. The third-order valence-electron chi connectivity index (χ3n) is 2.40. The molecule has 1 aliphatic heterocycles. The number of rotatable bonds is 5. The van der Waals surface area contributed by atoms with Crippen LogP contribution in [0.3, 0.4) is 0 Å². The zero-order chi connectivity index (χ0) is 12.2. The minimum absolute atomic E-state index is 0.181. The summed E-state index contributed by atoms with van der Waals surface area (Å²) in [6.07, 6.45) is -3.61. The highest BCUT2D eigenvalue weighted by atomic mass is 32.1. The molecule has 0 amide bonds. The number of hydrogen-bond acceptors (Lipinski definition) is 3. The lowest BCUT2D eigenvalue weighted by molar-refractivity contribution is -0.168. The Balaban J connectivity index is 2.30. The molecule has 0 aliphatic carbocycles. The van der Waals surface area contributed by atoms with Crippen LogP contribution in [0.5, 0.6) is 0 Å². The van der Waals surface area contributed by atoms with Gasteiger partial charge in [0.05, 0.1) is 24.8 Å². The summed E-state index contributed by atoms with van der Waals surface area (Å²) in [6, 6.07) is 0. The Morgan fingerprint density at radius 2 is 2.25 bits per heavy atom. The van der Waals surface area contributed by atoms with Crippen LogP contribution in [-0.2, 0) is 9.47 Å². The molecule has 94 valence electrons. The van der Waals surface area contributed by atoms with Crippen LogP contribution in [-0.4, -0.2) is 37.6 Å². The number of nitrogens with two attached hydrogens (primary N) is 1. The monoisotopic (exact) mass is 257 g/mol. The smallest absolute Gasteiger partial charge is 0.393 e. The predicted molar refractivity (Wildman–Crippen MR) is 56.1 cm³/mol. The molecule has 1 aliphatic rings. The molecule has 1 rings (SSSR count). The molecule has 0 radical (unpaired) electrons. The van der Waals surface area contributed by atoms with Crippen molar-refractivity contribution in [2.24, 2.45) is 17.6 Å². The number of hydrogen-bond donors (Lipinski definition) is 1. The maximum absolute atomic E-state index is 12.4. The van der Waals surface area contributed by atoms with Crippen LogP contribution in [0, 0.1) is 11.8 Å². The van der Waals surface area contributed by atoms with Gasteiger partial charge in [0.1, 0.15) is 5.92 Å². The van der Waals surface area contributed by atoms with Crippen molar-refractivity contribution in [1.82, 2.24) is 0 Å². The second-order valence-electron chi connectivity index (χ2n) is 3.76. The third-order valence-corrected chi connectivity index (χ3v) is 2.69. The fourth-order valence-electron chi connectivity index (χ4n) is 1.41. The van der Waals surface area contributed by atoms with Crippen molar-refractivity contribution in [2.75, 3.05) is 26.4 Å². The first kappa shape index (κ1) is 13.7. The van der Waals surface area contributed by atoms with Crippen LogP contribution in [0.2, 0.25) is 0 Å². The Morgan fingerprint density at radius 3 is 2.69 bits per heavy atom. The first-order chi connectivity index (χ1) is 7.41. The molecule has 7 heteroatoms. The van der Waals surface area contributed by atoms with Crippen molar-refractivity contribution in [3.8, 4) is 0 Å².